The van der Waals surface area contributed by atoms with E-state index < -0.39 is 0 Å². The molecule has 1 aliphatic rings. The summed E-state index contributed by atoms with van der Waals surface area (Å²) in [7, 11) is 0. The first-order valence-electron chi connectivity index (χ1n) is 7.84. The summed E-state index contributed by atoms with van der Waals surface area (Å²) in [5.74, 6) is 0. The number of aryl methyl sites for hydroxylation is 1. The third kappa shape index (κ3) is 2.40. The number of rotatable bonds is 4. The van der Waals surface area contributed by atoms with E-state index in [1.807, 2.05) is 0 Å². The summed E-state index contributed by atoms with van der Waals surface area (Å²) < 4.78 is 0. The van der Waals surface area contributed by atoms with Crippen LogP contribution in [0.5, 0.6) is 0 Å². The number of nitrogens with one attached hydrogen (secondary N) is 1. The molecule has 0 atom stereocenters. The Morgan fingerprint density at radius 3 is 2.95 bits per heavy atom. The minimum Gasteiger partial charge on any atom is -0.360 e. The third-order valence-corrected chi connectivity index (χ3v) is 4.34. The summed E-state index contributed by atoms with van der Waals surface area (Å²) in [6.45, 7) is 7.91. The van der Waals surface area contributed by atoms with E-state index in [1.54, 1.807) is 0 Å². The lowest BCUT2D eigenvalue weighted by atomic mass is 9.98. The van der Waals surface area contributed by atoms with Gasteiger partial charge in [0.05, 0.1) is 0 Å². The average Bonchev–Trinajstić information content (AvgIpc) is 2.93. The van der Waals surface area contributed by atoms with Crippen molar-refractivity contribution < 1.29 is 0 Å². The molecule has 0 bridgehead atoms. The smallest absolute Gasteiger partial charge is 0.0492 e. The van der Waals surface area contributed by atoms with Crippen LogP contribution < -0.4 is 0 Å². The van der Waals surface area contributed by atoms with E-state index in [0.717, 1.165) is 19.5 Å². The summed E-state index contributed by atoms with van der Waals surface area (Å²) in [6, 6.07) is 6.71. The monoisotopic (exact) mass is 268 g/mol. The topological polar surface area (TPSA) is 19.0 Å². The molecule has 20 heavy (non-hydrogen) atoms. The summed E-state index contributed by atoms with van der Waals surface area (Å²) in [5.41, 5.74) is 5.66. The number of aromatic amines is 1. The summed E-state index contributed by atoms with van der Waals surface area (Å²) in [5, 5.41) is 1.39. The van der Waals surface area contributed by atoms with E-state index in [0.29, 0.717) is 0 Å². The summed E-state index contributed by atoms with van der Waals surface area (Å²) >= 11 is 0. The van der Waals surface area contributed by atoms with E-state index >= 15 is 0 Å². The lowest BCUT2D eigenvalue weighted by molar-refractivity contribution is 0.321. The van der Waals surface area contributed by atoms with Crippen LogP contribution in [0.1, 0.15) is 37.8 Å². The van der Waals surface area contributed by atoms with Crippen molar-refractivity contribution in [3.05, 3.63) is 41.6 Å². The highest BCUT2D eigenvalue weighted by Crippen LogP contribution is 2.30. The Morgan fingerprint density at radius 2 is 2.15 bits per heavy atom. The maximum Gasteiger partial charge on any atom is 0.0492 e. The number of likely N-dealkylation sites (N-methyl/N-ethyl adjacent to an activating group) is 1. The van der Waals surface area contributed by atoms with Crippen molar-refractivity contribution in [1.29, 1.82) is 0 Å². The van der Waals surface area contributed by atoms with Gasteiger partial charge in [0.1, 0.15) is 0 Å². The van der Waals surface area contributed by atoms with Gasteiger partial charge in [0, 0.05) is 35.8 Å². The third-order valence-electron chi connectivity index (χ3n) is 4.34. The number of para-hydroxylation sites is 1. The molecule has 0 spiro atoms. The number of nitrogens with zero attached hydrogens (tertiary/aromatic N) is 1. The van der Waals surface area contributed by atoms with Crippen LogP contribution in [0, 0.1) is 0 Å². The van der Waals surface area contributed by atoms with Crippen molar-refractivity contribution in [2.24, 2.45) is 0 Å². The van der Waals surface area contributed by atoms with Crippen molar-refractivity contribution in [2.75, 3.05) is 19.6 Å². The zero-order chi connectivity index (χ0) is 13.9. The van der Waals surface area contributed by atoms with E-state index in [9.17, 15) is 0 Å². The second-order valence-electron chi connectivity index (χ2n) is 5.68. The predicted molar refractivity (Wildman–Crippen MR) is 87.0 cm³/mol. The van der Waals surface area contributed by atoms with Gasteiger partial charge < -0.3 is 4.98 Å². The molecule has 0 radical (unpaired) electrons. The molecule has 0 aliphatic carbocycles. The molecule has 2 nitrogen and oxygen atoms in total. The predicted octanol–water partition coefficient (Wildman–Crippen LogP) is 4.23. The molecule has 1 aromatic heterocycles. The standard InChI is InChI=1S/C18H24N2/c1-3-7-14-8-5-10-16-17(12-19-18(14)16)15-9-6-11-20(4-2)13-15/h5,8-10,12,19H,3-4,6-7,11,13H2,1-2H3. The quantitative estimate of drug-likeness (QED) is 0.879. The Morgan fingerprint density at radius 1 is 1.25 bits per heavy atom. The molecule has 1 aliphatic heterocycles. The van der Waals surface area contributed by atoms with Crippen LogP contribution in [-0.2, 0) is 6.42 Å². The Bertz CT molecular complexity index is 621. The van der Waals surface area contributed by atoms with Crippen LogP contribution in [-0.4, -0.2) is 29.5 Å². The number of H-pyrrole nitrogens is 1. The Hall–Kier alpha value is -1.54. The number of hydrogen-bond donors (Lipinski definition) is 1. The van der Waals surface area contributed by atoms with E-state index in [2.05, 4.69) is 54.2 Å². The molecule has 3 rings (SSSR count). The highest BCUT2D eigenvalue weighted by atomic mass is 15.1. The maximum atomic E-state index is 3.51. The Kier molecular flexibility index (Phi) is 3.93. The Labute approximate surface area is 121 Å². The molecule has 106 valence electrons. The zero-order valence-electron chi connectivity index (χ0n) is 12.6. The highest BCUT2D eigenvalue weighted by molar-refractivity contribution is 5.94. The molecule has 0 fully saturated rings. The average molecular weight is 268 g/mol. The van der Waals surface area contributed by atoms with Crippen molar-refractivity contribution in [3.63, 3.8) is 0 Å². The summed E-state index contributed by atoms with van der Waals surface area (Å²) in [6.07, 6.45) is 8.14. The van der Waals surface area contributed by atoms with Gasteiger partial charge >= 0.3 is 0 Å². The first-order chi connectivity index (χ1) is 9.83. The second-order valence-corrected chi connectivity index (χ2v) is 5.68. The van der Waals surface area contributed by atoms with Gasteiger partial charge in [0.15, 0.2) is 0 Å². The molecule has 1 N–H and O–H groups in total. The lowest BCUT2D eigenvalue weighted by Crippen LogP contribution is -2.29. The van der Waals surface area contributed by atoms with Crippen molar-refractivity contribution in [2.45, 2.75) is 33.1 Å². The van der Waals surface area contributed by atoms with Crippen LogP contribution in [0.2, 0.25) is 0 Å². The van der Waals surface area contributed by atoms with Gasteiger partial charge in [-0.2, -0.15) is 0 Å². The number of hydrogen-bond acceptors (Lipinski definition) is 1. The lowest BCUT2D eigenvalue weighted by Gasteiger charge is -2.25. The van der Waals surface area contributed by atoms with Crippen LogP contribution >= 0.6 is 0 Å². The second kappa shape index (κ2) is 5.84. The van der Waals surface area contributed by atoms with E-state index in [-0.39, 0.29) is 0 Å². The molecule has 0 unspecified atom stereocenters. The molecular formula is C18H24N2. The van der Waals surface area contributed by atoms with Crippen LogP contribution in [0.4, 0.5) is 0 Å². The fraction of sp³-hybridized carbons (Fsp3) is 0.444. The van der Waals surface area contributed by atoms with Gasteiger partial charge in [-0.3, -0.25) is 4.90 Å². The highest BCUT2D eigenvalue weighted by Gasteiger charge is 2.16. The van der Waals surface area contributed by atoms with Crippen LogP contribution in [0.15, 0.2) is 30.5 Å². The molecule has 2 heterocycles. The van der Waals surface area contributed by atoms with Crippen molar-refractivity contribution >= 4 is 16.5 Å². The fourth-order valence-electron chi connectivity index (χ4n) is 3.23. The van der Waals surface area contributed by atoms with Gasteiger partial charge in [-0.15, -0.1) is 0 Å². The minimum absolute atomic E-state index is 1.08. The largest absolute Gasteiger partial charge is 0.360 e. The molecule has 2 aromatic rings. The number of aromatic nitrogens is 1. The molecule has 0 saturated heterocycles. The molecule has 2 heteroatoms. The van der Waals surface area contributed by atoms with Crippen LogP contribution in [0.3, 0.4) is 0 Å². The van der Waals surface area contributed by atoms with Crippen molar-refractivity contribution in [1.82, 2.24) is 9.88 Å². The Balaban J connectivity index is 2.00. The molecular weight excluding hydrogens is 244 g/mol. The van der Waals surface area contributed by atoms with Crippen LogP contribution in [0.25, 0.3) is 16.5 Å². The zero-order valence-corrected chi connectivity index (χ0v) is 12.6. The van der Waals surface area contributed by atoms with Gasteiger partial charge in [0.25, 0.3) is 0 Å². The fourth-order valence-corrected chi connectivity index (χ4v) is 3.23. The SMILES string of the molecule is CCCc1cccc2c(C3=CCCN(CC)C3)c[nH]c12. The van der Waals surface area contributed by atoms with Gasteiger partial charge in [-0.25, -0.2) is 0 Å². The number of benzene rings is 1. The van der Waals surface area contributed by atoms with Crippen molar-refractivity contribution in [3.8, 4) is 0 Å². The molecule has 0 saturated carbocycles. The van der Waals surface area contributed by atoms with Gasteiger partial charge in [0.2, 0.25) is 0 Å². The van der Waals surface area contributed by atoms with E-state index in [4.69, 9.17) is 0 Å². The summed E-state index contributed by atoms with van der Waals surface area (Å²) in [4.78, 5) is 6.03. The molecule has 1 aromatic carbocycles. The minimum atomic E-state index is 1.08. The first-order valence-corrected chi connectivity index (χ1v) is 7.84. The first kappa shape index (κ1) is 13.4. The van der Waals surface area contributed by atoms with Gasteiger partial charge in [-0.1, -0.05) is 44.5 Å². The molecule has 0 amide bonds. The normalized spacial score (nSPS) is 16.6. The van der Waals surface area contributed by atoms with E-state index in [1.165, 1.54) is 47.0 Å². The maximum absolute atomic E-state index is 3.51. The van der Waals surface area contributed by atoms with Gasteiger partial charge in [-0.05, 0) is 30.5 Å². The number of fused-ring (bicyclic) bond motifs is 1.